The number of anilines is 1. The number of hydrogen-bond donors (Lipinski definition) is 2. The molecule has 7 heteroatoms. The molecule has 1 aromatic rings. The Morgan fingerprint density at radius 3 is 3.00 bits per heavy atom. The van der Waals surface area contributed by atoms with E-state index in [0.717, 1.165) is 6.42 Å². The second kappa shape index (κ2) is 7.27. The van der Waals surface area contributed by atoms with Gasteiger partial charge in [0.15, 0.2) is 5.16 Å². The Balaban J connectivity index is 1.83. The molecule has 112 valence electrons. The summed E-state index contributed by atoms with van der Waals surface area (Å²) in [6.07, 6.45) is 6.04. The van der Waals surface area contributed by atoms with E-state index in [0.29, 0.717) is 11.1 Å². The molecule has 1 aromatic heterocycles. The molecule has 3 N–H and O–H groups in total. The van der Waals surface area contributed by atoms with Gasteiger partial charge in [0.05, 0.1) is 11.9 Å². The zero-order valence-corrected chi connectivity index (χ0v) is 12.8. The SMILES string of the molecule is C[C@@H]1CCCC[C@H]1NC(=O)CSc1ncc(C#N)c(N)n1. The van der Waals surface area contributed by atoms with Crippen LogP contribution in [0.5, 0.6) is 0 Å². The topological polar surface area (TPSA) is 105 Å². The minimum Gasteiger partial charge on any atom is -0.382 e. The number of amides is 1. The number of carbonyl (C=O) groups is 1. The molecule has 0 aliphatic heterocycles. The van der Waals surface area contributed by atoms with Gasteiger partial charge in [-0.3, -0.25) is 4.79 Å². The average molecular weight is 305 g/mol. The lowest BCUT2D eigenvalue weighted by molar-refractivity contribution is -0.119. The van der Waals surface area contributed by atoms with Gasteiger partial charge in [-0.2, -0.15) is 5.26 Å². The number of aromatic nitrogens is 2. The normalized spacial score (nSPS) is 21.5. The first kappa shape index (κ1) is 15.6. The largest absolute Gasteiger partial charge is 0.382 e. The molecule has 0 bridgehead atoms. The average Bonchev–Trinajstić information content (AvgIpc) is 2.48. The van der Waals surface area contributed by atoms with Gasteiger partial charge in [0.25, 0.3) is 0 Å². The van der Waals surface area contributed by atoms with Crippen LogP contribution in [0.4, 0.5) is 5.82 Å². The van der Waals surface area contributed by atoms with E-state index in [1.54, 1.807) is 0 Å². The number of nitrogens with zero attached hydrogens (tertiary/aromatic N) is 3. The van der Waals surface area contributed by atoms with E-state index in [2.05, 4.69) is 22.2 Å². The Kier molecular flexibility index (Phi) is 5.39. The van der Waals surface area contributed by atoms with Crippen molar-refractivity contribution in [2.75, 3.05) is 11.5 Å². The number of hydrogen-bond acceptors (Lipinski definition) is 6. The summed E-state index contributed by atoms with van der Waals surface area (Å²) in [4.78, 5) is 20.0. The minimum atomic E-state index is -0.00900. The molecule has 0 unspecified atom stereocenters. The molecule has 6 nitrogen and oxygen atoms in total. The van der Waals surface area contributed by atoms with Crippen molar-refractivity contribution in [1.29, 1.82) is 5.26 Å². The quantitative estimate of drug-likeness (QED) is 0.648. The Labute approximate surface area is 128 Å². The Hall–Kier alpha value is -1.81. The third-order valence-corrected chi connectivity index (χ3v) is 4.57. The van der Waals surface area contributed by atoms with Crippen LogP contribution in [0.25, 0.3) is 0 Å². The van der Waals surface area contributed by atoms with Crippen molar-refractivity contribution >= 4 is 23.5 Å². The van der Waals surface area contributed by atoms with Gasteiger partial charge >= 0.3 is 0 Å². The molecule has 1 fully saturated rings. The van der Waals surface area contributed by atoms with Crippen LogP contribution in [0.3, 0.4) is 0 Å². The van der Waals surface area contributed by atoms with Gasteiger partial charge in [-0.25, -0.2) is 9.97 Å². The van der Waals surface area contributed by atoms with E-state index in [-0.39, 0.29) is 29.1 Å². The first-order valence-electron chi connectivity index (χ1n) is 7.05. The predicted octanol–water partition coefficient (Wildman–Crippen LogP) is 1.72. The fourth-order valence-electron chi connectivity index (χ4n) is 2.44. The summed E-state index contributed by atoms with van der Waals surface area (Å²) in [5.41, 5.74) is 5.87. The maximum atomic E-state index is 12.0. The molecule has 1 saturated carbocycles. The molecule has 0 aromatic carbocycles. The van der Waals surface area contributed by atoms with Gasteiger partial charge in [-0.05, 0) is 18.8 Å². The maximum Gasteiger partial charge on any atom is 0.230 e. The van der Waals surface area contributed by atoms with Crippen LogP contribution in [0.2, 0.25) is 0 Å². The minimum absolute atomic E-state index is 0.00900. The summed E-state index contributed by atoms with van der Waals surface area (Å²) >= 11 is 1.23. The van der Waals surface area contributed by atoms with E-state index in [9.17, 15) is 4.79 Å². The summed E-state index contributed by atoms with van der Waals surface area (Å²) in [5, 5.41) is 12.2. The van der Waals surface area contributed by atoms with Crippen LogP contribution >= 0.6 is 11.8 Å². The molecule has 0 saturated heterocycles. The highest BCUT2D eigenvalue weighted by molar-refractivity contribution is 7.99. The van der Waals surface area contributed by atoms with E-state index in [1.807, 2.05) is 6.07 Å². The molecule has 2 atom stereocenters. The highest BCUT2D eigenvalue weighted by atomic mass is 32.2. The Bertz CT molecular complexity index is 557. The second-order valence-corrected chi connectivity index (χ2v) is 6.23. The van der Waals surface area contributed by atoms with Crippen molar-refractivity contribution in [2.45, 2.75) is 43.8 Å². The zero-order chi connectivity index (χ0) is 15.2. The van der Waals surface area contributed by atoms with Gasteiger partial charge in [-0.1, -0.05) is 31.5 Å². The first-order chi connectivity index (χ1) is 10.1. The number of rotatable bonds is 4. The van der Waals surface area contributed by atoms with Crippen molar-refractivity contribution in [1.82, 2.24) is 15.3 Å². The smallest absolute Gasteiger partial charge is 0.230 e. The number of nitrogen functional groups attached to an aromatic ring is 1. The lowest BCUT2D eigenvalue weighted by Gasteiger charge is -2.29. The van der Waals surface area contributed by atoms with E-state index in [1.165, 1.54) is 37.2 Å². The van der Waals surface area contributed by atoms with Gasteiger partial charge in [0.1, 0.15) is 17.5 Å². The number of nitrogens with two attached hydrogens (primary N) is 1. The summed E-state index contributed by atoms with van der Waals surface area (Å²) in [5.74, 6) is 0.935. The Morgan fingerprint density at radius 1 is 1.57 bits per heavy atom. The van der Waals surface area contributed by atoms with Gasteiger partial charge < -0.3 is 11.1 Å². The summed E-state index contributed by atoms with van der Waals surface area (Å²) in [7, 11) is 0. The predicted molar refractivity (Wildman–Crippen MR) is 81.4 cm³/mol. The van der Waals surface area contributed by atoms with Crippen LogP contribution < -0.4 is 11.1 Å². The molecule has 1 heterocycles. The van der Waals surface area contributed by atoms with Crippen LogP contribution in [0.1, 0.15) is 38.2 Å². The van der Waals surface area contributed by atoms with Crippen molar-refractivity contribution < 1.29 is 4.79 Å². The molecular formula is C14H19N5OS. The van der Waals surface area contributed by atoms with E-state index in [4.69, 9.17) is 11.0 Å². The van der Waals surface area contributed by atoms with Crippen molar-refractivity contribution in [3.05, 3.63) is 11.8 Å². The highest BCUT2D eigenvalue weighted by Gasteiger charge is 2.22. The van der Waals surface area contributed by atoms with E-state index < -0.39 is 0 Å². The Morgan fingerprint density at radius 2 is 2.33 bits per heavy atom. The fourth-order valence-corrected chi connectivity index (χ4v) is 3.08. The lowest BCUT2D eigenvalue weighted by atomic mass is 9.86. The van der Waals surface area contributed by atoms with Crippen LogP contribution in [-0.2, 0) is 4.79 Å². The van der Waals surface area contributed by atoms with Gasteiger partial charge in [-0.15, -0.1) is 0 Å². The van der Waals surface area contributed by atoms with Crippen molar-refractivity contribution in [3.8, 4) is 6.07 Å². The monoisotopic (exact) mass is 305 g/mol. The van der Waals surface area contributed by atoms with Crippen LogP contribution in [-0.4, -0.2) is 27.7 Å². The highest BCUT2D eigenvalue weighted by Crippen LogP contribution is 2.24. The number of nitrogens with one attached hydrogen (secondary N) is 1. The molecule has 1 aliphatic carbocycles. The molecule has 1 aliphatic rings. The van der Waals surface area contributed by atoms with Crippen LogP contribution in [0, 0.1) is 17.2 Å². The summed E-state index contributed by atoms with van der Waals surface area (Å²) in [6, 6.07) is 2.18. The van der Waals surface area contributed by atoms with E-state index >= 15 is 0 Å². The van der Waals surface area contributed by atoms with Crippen LogP contribution in [0.15, 0.2) is 11.4 Å². The third kappa shape index (κ3) is 4.33. The fraction of sp³-hybridized carbons (Fsp3) is 0.571. The number of nitriles is 1. The lowest BCUT2D eigenvalue weighted by Crippen LogP contribution is -2.41. The number of thioether (sulfide) groups is 1. The first-order valence-corrected chi connectivity index (χ1v) is 8.03. The molecule has 21 heavy (non-hydrogen) atoms. The molecule has 0 spiro atoms. The van der Waals surface area contributed by atoms with Gasteiger partial charge in [0, 0.05) is 6.04 Å². The molecule has 0 radical (unpaired) electrons. The summed E-state index contributed by atoms with van der Waals surface area (Å²) in [6.45, 7) is 2.18. The molecule has 2 rings (SSSR count). The maximum absolute atomic E-state index is 12.0. The number of carbonyl (C=O) groups excluding carboxylic acids is 1. The summed E-state index contributed by atoms with van der Waals surface area (Å²) < 4.78 is 0. The molecule has 1 amide bonds. The third-order valence-electron chi connectivity index (χ3n) is 3.71. The second-order valence-electron chi connectivity index (χ2n) is 5.29. The van der Waals surface area contributed by atoms with Gasteiger partial charge in [0.2, 0.25) is 5.91 Å². The zero-order valence-electron chi connectivity index (χ0n) is 12.0. The standard InChI is InChI=1S/C14H19N5OS/c1-9-4-2-3-5-11(9)18-12(20)8-21-14-17-7-10(6-15)13(16)19-14/h7,9,11H,2-5,8H2,1H3,(H,18,20)(H2,16,17,19)/t9-,11-/m1/s1. The van der Waals surface area contributed by atoms with Crippen molar-refractivity contribution in [3.63, 3.8) is 0 Å². The van der Waals surface area contributed by atoms with Crippen molar-refractivity contribution in [2.24, 2.45) is 5.92 Å². The molecular weight excluding hydrogens is 286 g/mol.